The molecule has 3 heteroatoms. The molecule has 0 amide bonds. The highest BCUT2D eigenvalue weighted by molar-refractivity contribution is 5.45. The molecule has 0 aromatic carbocycles. The molecule has 1 atom stereocenters. The first kappa shape index (κ1) is 12.0. The van der Waals surface area contributed by atoms with E-state index < -0.39 is 0 Å². The first-order valence-electron chi connectivity index (χ1n) is 5.54. The van der Waals surface area contributed by atoms with Crippen molar-refractivity contribution >= 4 is 5.69 Å². The van der Waals surface area contributed by atoms with E-state index in [1.165, 1.54) is 0 Å². The van der Waals surface area contributed by atoms with Crippen LogP contribution in [0.25, 0.3) is 0 Å². The molecule has 0 saturated heterocycles. The van der Waals surface area contributed by atoms with Crippen LogP contribution in [0, 0.1) is 0 Å². The van der Waals surface area contributed by atoms with E-state index in [0.717, 1.165) is 17.9 Å². The fraction of sp³-hybridized carbons (Fsp3) is 0.583. The van der Waals surface area contributed by atoms with Gasteiger partial charge in [-0.15, -0.1) is 0 Å². The molecule has 0 aliphatic heterocycles. The lowest BCUT2D eigenvalue weighted by atomic mass is 10.2. The Morgan fingerprint density at radius 2 is 2.00 bits per heavy atom. The number of aromatic nitrogens is 1. The number of pyridine rings is 1. The molecule has 0 aliphatic carbocycles. The molecule has 3 nitrogen and oxygen atoms in total. The molecule has 0 bridgehead atoms. The molecule has 1 rings (SSSR count). The molecule has 1 aromatic rings. The molecular weight excluding hydrogens is 186 g/mol. The number of anilines is 1. The van der Waals surface area contributed by atoms with Gasteiger partial charge >= 0.3 is 0 Å². The zero-order chi connectivity index (χ0) is 11.4. The second kappa shape index (κ2) is 5.12. The second-order valence-corrected chi connectivity index (χ2v) is 4.11. The maximum absolute atomic E-state index is 5.76. The molecule has 0 saturated carbocycles. The summed E-state index contributed by atoms with van der Waals surface area (Å²) in [5, 5.41) is 0. The highest BCUT2D eigenvalue weighted by atomic mass is 15.1. The van der Waals surface area contributed by atoms with E-state index in [1.807, 2.05) is 19.2 Å². The average molecular weight is 207 g/mol. The molecule has 84 valence electrons. The lowest BCUT2D eigenvalue weighted by Gasteiger charge is -2.27. The number of hydrogen-bond acceptors (Lipinski definition) is 3. The van der Waals surface area contributed by atoms with Crippen LogP contribution in [-0.4, -0.2) is 17.6 Å². The maximum atomic E-state index is 5.76. The van der Waals surface area contributed by atoms with Gasteiger partial charge in [0.15, 0.2) is 0 Å². The molecule has 0 spiro atoms. The van der Waals surface area contributed by atoms with Crippen LogP contribution in [0.5, 0.6) is 0 Å². The molecule has 15 heavy (non-hydrogen) atoms. The van der Waals surface area contributed by atoms with Gasteiger partial charge in [0.25, 0.3) is 0 Å². The summed E-state index contributed by atoms with van der Waals surface area (Å²) in [6.45, 7) is 9.46. The van der Waals surface area contributed by atoms with Gasteiger partial charge in [-0.3, -0.25) is 4.98 Å². The van der Waals surface area contributed by atoms with E-state index >= 15 is 0 Å². The Morgan fingerprint density at radius 1 is 1.33 bits per heavy atom. The Hall–Kier alpha value is -1.09. The van der Waals surface area contributed by atoms with E-state index in [-0.39, 0.29) is 6.04 Å². The Kier molecular flexibility index (Phi) is 4.09. The molecule has 1 aromatic heterocycles. The summed E-state index contributed by atoms with van der Waals surface area (Å²) in [6.07, 6.45) is 1.90. The summed E-state index contributed by atoms with van der Waals surface area (Å²) in [4.78, 5) is 6.67. The third kappa shape index (κ3) is 2.93. The predicted molar refractivity (Wildman–Crippen MR) is 65.0 cm³/mol. The van der Waals surface area contributed by atoms with E-state index in [2.05, 4.69) is 36.7 Å². The van der Waals surface area contributed by atoms with Crippen molar-refractivity contribution in [1.82, 2.24) is 4.98 Å². The van der Waals surface area contributed by atoms with Gasteiger partial charge < -0.3 is 10.6 Å². The summed E-state index contributed by atoms with van der Waals surface area (Å²) in [5.41, 5.74) is 7.86. The lowest BCUT2D eigenvalue weighted by molar-refractivity contribution is 0.699. The number of nitrogens with two attached hydrogens (primary N) is 1. The molecule has 0 radical (unpaired) electrons. The van der Waals surface area contributed by atoms with Crippen molar-refractivity contribution in [1.29, 1.82) is 0 Å². The maximum Gasteiger partial charge on any atom is 0.0569 e. The van der Waals surface area contributed by atoms with Crippen molar-refractivity contribution in [3.05, 3.63) is 24.0 Å². The van der Waals surface area contributed by atoms with Gasteiger partial charge in [0, 0.05) is 18.6 Å². The van der Waals surface area contributed by atoms with E-state index in [0.29, 0.717) is 6.04 Å². The van der Waals surface area contributed by atoms with Crippen LogP contribution in [0.4, 0.5) is 5.69 Å². The van der Waals surface area contributed by atoms with E-state index in [1.54, 1.807) is 0 Å². The average Bonchev–Trinajstić information content (AvgIpc) is 2.19. The van der Waals surface area contributed by atoms with Gasteiger partial charge in [0.05, 0.1) is 17.6 Å². The third-order valence-electron chi connectivity index (χ3n) is 2.53. The summed E-state index contributed by atoms with van der Waals surface area (Å²) in [5.74, 6) is 0. The summed E-state index contributed by atoms with van der Waals surface area (Å²) in [6, 6.07) is 4.60. The Morgan fingerprint density at radius 3 is 2.33 bits per heavy atom. The van der Waals surface area contributed by atoms with Gasteiger partial charge in [0.2, 0.25) is 0 Å². The standard InChI is InChI=1S/C12H21N3/c1-5-15(9(2)3)11-6-7-12(10(4)13)14-8-11/h6-10H,5,13H2,1-4H3/t10-/m0/s1. The number of rotatable bonds is 4. The smallest absolute Gasteiger partial charge is 0.0569 e. The van der Waals surface area contributed by atoms with E-state index in [4.69, 9.17) is 5.73 Å². The van der Waals surface area contributed by atoms with Crippen LogP contribution >= 0.6 is 0 Å². The minimum absolute atomic E-state index is 0.00757. The SMILES string of the molecule is CCN(c1ccc([C@H](C)N)nc1)C(C)C. The molecule has 0 aliphatic rings. The number of hydrogen-bond donors (Lipinski definition) is 1. The van der Waals surface area contributed by atoms with Gasteiger partial charge in [-0.05, 0) is 39.8 Å². The zero-order valence-corrected chi connectivity index (χ0v) is 10.1. The first-order valence-corrected chi connectivity index (χ1v) is 5.54. The van der Waals surface area contributed by atoms with Crippen molar-refractivity contribution < 1.29 is 0 Å². The predicted octanol–water partition coefficient (Wildman–Crippen LogP) is 2.34. The van der Waals surface area contributed by atoms with Gasteiger partial charge in [-0.2, -0.15) is 0 Å². The Labute approximate surface area is 92.3 Å². The van der Waals surface area contributed by atoms with Crippen molar-refractivity contribution in [2.24, 2.45) is 5.73 Å². The minimum atomic E-state index is 0.00757. The largest absolute Gasteiger partial charge is 0.368 e. The lowest BCUT2D eigenvalue weighted by Crippen LogP contribution is -2.30. The second-order valence-electron chi connectivity index (χ2n) is 4.11. The fourth-order valence-electron chi connectivity index (χ4n) is 1.68. The van der Waals surface area contributed by atoms with Crippen molar-refractivity contribution in [3.63, 3.8) is 0 Å². The Bertz CT molecular complexity index is 290. The van der Waals surface area contributed by atoms with Crippen molar-refractivity contribution in [2.45, 2.75) is 39.8 Å². The van der Waals surface area contributed by atoms with Gasteiger partial charge in [-0.1, -0.05) is 0 Å². The molecule has 2 N–H and O–H groups in total. The molecule has 0 unspecified atom stereocenters. The van der Waals surface area contributed by atoms with Crippen LogP contribution in [0.3, 0.4) is 0 Å². The fourth-order valence-corrected chi connectivity index (χ4v) is 1.68. The monoisotopic (exact) mass is 207 g/mol. The van der Waals surface area contributed by atoms with Crippen molar-refractivity contribution in [3.8, 4) is 0 Å². The zero-order valence-electron chi connectivity index (χ0n) is 10.1. The molecule has 1 heterocycles. The van der Waals surface area contributed by atoms with Crippen LogP contribution in [0.2, 0.25) is 0 Å². The quantitative estimate of drug-likeness (QED) is 0.824. The van der Waals surface area contributed by atoms with Gasteiger partial charge in [0.1, 0.15) is 0 Å². The van der Waals surface area contributed by atoms with Crippen LogP contribution in [-0.2, 0) is 0 Å². The highest BCUT2D eigenvalue weighted by Gasteiger charge is 2.09. The first-order chi connectivity index (χ1) is 7.06. The molecular formula is C12H21N3. The normalized spacial score (nSPS) is 12.9. The highest BCUT2D eigenvalue weighted by Crippen LogP contribution is 2.17. The van der Waals surface area contributed by atoms with Crippen LogP contribution in [0.1, 0.15) is 39.4 Å². The van der Waals surface area contributed by atoms with Gasteiger partial charge in [-0.25, -0.2) is 0 Å². The van der Waals surface area contributed by atoms with E-state index in [9.17, 15) is 0 Å². The summed E-state index contributed by atoms with van der Waals surface area (Å²) in [7, 11) is 0. The van der Waals surface area contributed by atoms with Crippen LogP contribution < -0.4 is 10.6 Å². The van der Waals surface area contributed by atoms with Crippen molar-refractivity contribution in [2.75, 3.05) is 11.4 Å². The topological polar surface area (TPSA) is 42.1 Å². The number of nitrogens with zero attached hydrogens (tertiary/aromatic N) is 2. The third-order valence-corrected chi connectivity index (χ3v) is 2.53. The summed E-state index contributed by atoms with van der Waals surface area (Å²) < 4.78 is 0. The molecule has 0 fully saturated rings. The summed E-state index contributed by atoms with van der Waals surface area (Å²) >= 11 is 0. The Balaban J connectivity index is 2.87. The van der Waals surface area contributed by atoms with Crippen LogP contribution in [0.15, 0.2) is 18.3 Å². The minimum Gasteiger partial charge on any atom is -0.368 e.